The van der Waals surface area contributed by atoms with Crippen LogP contribution in [0.1, 0.15) is 12.5 Å². The van der Waals surface area contributed by atoms with Gasteiger partial charge in [0.15, 0.2) is 0 Å². The van der Waals surface area contributed by atoms with Gasteiger partial charge in [0.2, 0.25) is 0 Å². The number of nitrogens with zero attached hydrogens (tertiary/aromatic N) is 1. The van der Waals surface area contributed by atoms with Gasteiger partial charge in [0, 0.05) is 40.1 Å². The van der Waals surface area contributed by atoms with Gasteiger partial charge in [-0.2, -0.15) is 11.8 Å². The molecule has 1 aliphatic heterocycles. The van der Waals surface area contributed by atoms with Gasteiger partial charge in [0.25, 0.3) is 0 Å². The van der Waals surface area contributed by atoms with Gasteiger partial charge in [-0.15, -0.1) is 0 Å². The van der Waals surface area contributed by atoms with Crippen molar-refractivity contribution in [1.82, 2.24) is 0 Å². The topological polar surface area (TPSA) is 3.24 Å². The molecule has 1 unspecified atom stereocenters. The first-order chi connectivity index (χ1) is 7.72. The maximum Gasteiger partial charge on any atom is 0.0467 e. The van der Waals surface area contributed by atoms with Crippen LogP contribution in [-0.4, -0.2) is 24.1 Å². The second kappa shape index (κ2) is 5.65. The lowest BCUT2D eigenvalue weighted by atomic mass is 10.2. The van der Waals surface area contributed by atoms with Crippen molar-refractivity contribution in [3.63, 3.8) is 0 Å². The number of rotatable bonds is 2. The van der Waals surface area contributed by atoms with Crippen LogP contribution < -0.4 is 4.90 Å². The van der Waals surface area contributed by atoms with Crippen molar-refractivity contribution in [2.24, 2.45) is 0 Å². The minimum Gasteiger partial charge on any atom is -0.367 e. The average molecular weight is 321 g/mol. The Morgan fingerprint density at radius 1 is 1.56 bits per heavy atom. The zero-order valence-corrected chi connectivity index (χ0v) is 12.4. The number of thioether (sulfide) groups is 1. The predicted molar refractivity (Wildman–Crippen MR) is 78.2 cm³/mol. The molecule has 16 heavy (non-hydrogen) atoms. The summed E-state index contributed by atoms with van der Waals surface area (Å²) in [6.45, 7) is 3.40. The van der Waals surface area contributed by atoms with Gasteiger partial charge in [0.05, 0.1) is 0 Å². The molecule has 1 aromatic rings. The number of hydrogen-bond donors (Lipinski definition) is 0. The summed E-state index contributed by atoms with van der Waals surface area (Å²) in [6, 6.07) is 6.98. The van der Waals surface area contributed by atoms with E-state index in [9.17, 15) is 0 Å². The summed E-state index contributed by atoms with van der Waals surface area (Å²) >= 11 is 11.7. The van der Waals surface area contributed by atoms with Gasteiger partial charge in [-0.25, -0.2) is 0 Å². The zero-order chi connectivity index (χ0) is 11.5. The van der Waals surface area contributed by atoms with Crippen molar-refractivity contribution in [2.75, 3.05) is 23.0 Å². The van der Waals surface area contributed by atoms with Crippen LogP contribution in [0.5, 0.6) is 0 Å². The van der Waals surface area contributed by atoms with E-state index in [0.717, 1.165) is 22.5 Å². The van der Waals surface area contributed by atoms with E-state index >= 15 is 0 Å². The third-order valence-electron chi connectivity index (χ3n) is 2.88. The summed E-state index contributed by atoms with van der Waals surface area (Å²) in [7, 11) is 0. The molecule has 4 heteroatoms. The Bertz CT molecular complexity index is 372. The first kappa shape index (κ1) is 12.6. The quantitative estimate of drug-likeness (QED) is 0.752. The number of anilines is 1. The largest absolute Gasteiger partial charge is 0.367 e. The molecule has 0 aromatic heterocycles. The lowest BCUT2D eigenvalue weighted by Gasteiger charge is -2.35. The highest BCUT2D eigenvalue weighted by atomic mass is 79.9. The third kappa shape index (κ3) is 2.69. The molecular formula is C12H15BrClNS. The molecule has 1 saturated heterocycles. The number of halogens is 2. The molecule has 1 nitrogen and oxygen atoms in total. The molecule has 1 aromatic carbocycles. The van der Waals surface area contributed by atoms with Crippen LogP contribution in [0.15, 0.2) is 18.2 Å². The van der Waals surface area contributed by atoms with Gasteiger partial charge < -0.3 is 4.90 Å². The minimum absolute atomic E-state index is 0.602. The van der Waals surface area contributed by atoms with Crippen LogP contribution in [0.4, 0.5) is 5.69 Å². The summed E-state index contributed by atoms with van der Waals surface area (Å²) in [4.78, 5) is 2.44. The monoisotopic (exact) mass is 319 g/mol. The summed E-state index contributed by atoms with van der Waals surface area (Å²) in [6.07, 6.45) is 0. The van der Waals surface area contributed by atoms with E-state index in [1.165, 1.54) is 17.2 Å². The van der Waals surface area contributed by atoms with Crippen LogP contribution in [0.3, 0.4) is 0 Å². The van der Waals surface area contributed by atoms with Crippen molar-refractivity contribution in [3.8, 4) is 0 Å². The molecule has 0 saturated carbocycles. The van der Waals surface area contributed by atoms with E-state index in [1.54, 1.807) is 0 Å². The summed E-state index contributed by atoms with van der Waals surface area (Å²) in [5.74, 6) is 2.42. The molecule has 0 aliphatic carbocycles. The van der Waals surface area contributed by atoms with Gasteiger partial charge in [-0.1, -0.05) is 33.6 Å². The Labute approximate surface area is 115 Å². The fourth-order valence-corrected chi connectivity index (χ4v) is 3.84. The van der Waals surface area contributed by atoms with E-state index in [4.69, 9.17) is 11.6 Å². The molecular weight excluding hydrogens is 306 g/mol. The number of hydrogen-bond acceptors (Lipinski definition) is 2. The van der Waals surface area contributed by atoms with Crippen molar-refractivity contribution < 1.29 is 0 Å². The predicted octanol–water partition coefficient (Wildman–Crippen LogP) is 4.18. The smallest absolute Gasteiger partial charge is 0.0467 e. The van der Waals surface area contributed by atoms with Crippen molar-refractivity contribution in [2.45, 2.75) is 18.3 Å². The first-order valence-electron chi connectivity index (χ1n) is 5.41. The molecule has 0 N–H and O–H groups in total. The summed E-state index contributed by atoms with van der Waals surface area (Å²) in [5, 5.41) is 1.68. The van der Waals surface area contributed by atoms with E-state index in [0.29, 0.717) is 6.04 Å². The van der Waals surface area contributed by atoms with Gasteiger partial charge in [-0.05, 0) is 24.6 Å². The summed E-state index contributed by atoms with van der Waals surface area (Å²) in [5.41, 5.74) is 2.41. The fraction of sp³-hybridized carbons (Fsp3) is 0.500. The Hall–Kier alpha value is 0.140. The van der Waals surface area contributed by atoms with Crippen LogP contribution in [-0.2, 0) is 5.33 Å². The lowest BCUT2D eigenvalue weighted by molar-refractivity contribution is 0.700. The van der Waals surface area contributed by atoms with Crippen molar-refractivity contribution in [1.29, 1.82) is 0 Å². The standard InChI is InChI=1S/C12H15BrClNS/c1-9-8-16-5-4-15(9)11-3-2-10(7-13)12(14)6-11/h2-3,6,9H,4-5,7-8H2,1H3. The molecule has 2 rings (SSSR count). The highest BCUT2D eigenvalue weighted by Crippen LogP contribution is 2.29. The molecule has 0 amide bonds. The van der Waals surface area contributed by atoms with Gasteiger partial charge in [-0.3, -0.25) is 0 Å². The van der Waals surface area contributed by atoms with E-state index in [2.05, 4.69) is 46.0 Å². The fourth-order valence-electron chi connectivity index (χ4n) is 1.93. The SMILES string of the molecule is CC1CSCCN1c1ccc(CBr)c(Cl)c1. The highest BCUT2D eigenvalue weighted by Gasteiger charge is 2.19. The second-order valence-electron chi connectivity index (χ2n) is 4.03. The molecule has 0 spiro atoms. The van der Waals surface area contributed by atoms with Crippen LogP contribution >= 0.6 is 39.3 Å². The second-order valence-corrected chi connectivity index (χ2v) is 6.14. The van der Waals surface area contributed by atoms with Crippen LogP contribution in [0, 0.1) is 0 Å². The summed E-state index contributed by atoms with van der Waals surface area (Å²) < 4.78 is 0. The third-order valence-corrected chi connectivity index (χ3v) is 5.03. The molecule has 1 atom stereocenters. The normalized spacial score (nSPS) is 21.2. The van der Waals surface area contributed by atoms with Crippen molar-refractivity contribution >= 4 is 45.0 Å². The van der Waals surface area contributed by atoms with Gasteiger partial charge in [0.1, 0.15) is 0 Å². The molecule has 88 valence electrons. The Balaban J connectivity index is 2.22. The van der Waals surface area contributed by atoms with E-state index in [-0.39, 0.29) is 0 Å². The molecule has 0 radical (unpaired) electrons. The van der Waals surface area contributed by atoms with Gasteiger partial charge >= 0.3 is 0 Å². The van der Waals surface area contributed by atoms with Crippen molar-refractivity contribution in [3.05, 3.63) is 28.8 Å². The molecule has 1 heterocycles. The maximum atomic E-state index is 6.23. The van der Waals surface area contributed by atoms with Crippen LogP contribution in [0.25, 0.3) is 0 Å². The maximum absolute atomic E-state index is 6.23. The Morgan fingerprint density at radius 2 is 2.38 bits per heavy atom. The Morgan fingerprint density at radius 3 is 3.00 bits per heavy atom. The van der Waals surface area contributed by atoms with E-state index in [1.807, 2.05) is 11.8 Å². The average Bonchev–Trinajstić information content (AvgIpc) is 2.29. The Kier molecular flexibility index (Phi) is 4.45. The molecule has 1 fully saturated rings. The van der Waals surface area contributed by atoms with Crippen LogP contribution in [0.2, 0.25) is 5.02 Å². The number of benzene rings is 1. The van der Waals surface area contributed by atoms with E-state index < -0.39 is 0 Å². The molecule has 1 aliphatic rings. The zero-order valence-electron chi connectivity index (χ0n) is 9.25. The number of alkyl halides is 1. The first-order valence-corrected chi connectivity index (χ1v) is 8.06. The minimum atomic E-state index is 0.602. The highest BCUT2D eigenvalue weighted by molar-refractivity contribution is 9.08. The lowest BCUT2D eigenvalue weighted by Crippen LogP contribution is -2.40. The molecule has 0 bridgehead atoms.